The van der Waals surface area contributed by atoms with Crippen LogP contribution in [0.1, 0.15) is 16.5 Å². The van der Waals surface area contributed by atoms with Crippen LogP contribution in [-0.2, 0) is 6.42 Å². The molecule has 0 radical (unpaired) electrons. The van der Waals surface area contributed by atoms with Gasteiger partial charge in [-0.3, -0.25) is 0 Å². The minimum Gasteiger partial charge on any atom is -0.206 e. The first kappa shape index (κ1) is 15.3. The monoisotopic (exact) mass is 366 g/mol. The molecule has 0 N–H and O–H groups in total. The molecule has 2 aromatic carbocycles. The van der Waals surface area contributed by atoms with Crippen LogP contribution in [0.25, 0.3) is 0 Å². The van der Waals surface area contributed by atoms with E-state index in [0.717, 1.165) is 24.3 Å². The molecule has 0 fully saturated rings. The van der Waals surface area contributed by atoms with Gasteiger partial charge in [-0.1, -0.05) is 22.0 Å². The summed E-state index contributed by atoms with van der Waals surface area (Å²) in [6.45, 7) is 0. The van der Waals surface area contributed by atoms with E-state index in [9.17, 15) is 17.6 Å². The van der Waals surface area contributed by atoms with E-state index in [1.54, 1.807) is 0 Å². The largest absolute Gasteiger partial charge is 0.206 e. The average molecular weight is 368 g/mol. The van der Waals surface area contributed by atoms with Crippen LogP contribution in [0, 0.1) is 23.3 Å². The van der Waals surface area contributed by atoms with E-state index in [4.69, 9.17) is 11.6 Å². The summed E-state index contributed by atoms with van der Waals surface area (Å²) >= 11 is 8.95. The van der Waals surface area contributed by atoms with Gasteiger partial charge < -0.3 is 0 Å². The molecule has 0 nitrogen and oxygen atoms in total. The predicted molar refractivity (Wildman–Crippen MR) is 72.7 cm³/mol. The van der Waals surface area contributed by atoms with E-state index in [-0.39, 0.29) is 16.5 Å². The van der Waals surface area contributed by atoms with Gasteiger partial charge in [0, 0.05) is 10.0 Å². The smallest absolute Gasteiger partial charge is 0.159 e. The molecular weight excluding hydrogens is 360 g/mol. The molecule has 0 spiro atoms. The zero-order chi connectivity index (χ0) is 14.9. The molecule has 20 heavy (non-hydrogen) atoms. The topological polar surface area (TPSA) is 0 Å². The van der Waals surface area contributed by atoms with Crippen LogP contribution in [-0.4, -0.2) is 0 Å². The maximum absolute atomic E-state index is 13.7. The predicted octanol–water partition coefficient (Wildman–Crippen LogP) is 5.53. The first-order chi connectivity index (χ1) is 9.38. The molecule has 0 saturated heterocycles. The first-order valence-electron chi connectivity index (χ1n) is 5.61. The number of alkyl halides is 1. The highest BCUT2D eigenvalue weighted by molar-refractivity contribution is 9.10. The van der Waals surface area contributed by atoms with Gasteiger partial charge in [0.05, 0.1) is 5.38 Å². The van der Waals surface area contributed by atoms with Gasteiger partial charge in [0.25, 0.3) is 0 Å². The minimum absolute atomic E-state index is 0.0196. The molecule has 0 bridgehead atoms. The highest BCUT2D eigenvalue weighted by atomic mass is 79.9. The normalized spacial score (nSPS) is 12.5. The fourth-order valence-corrected chi connectivity index (χ4v) is 2.62. The number of benzene rings is 2. The summed E-state index contributed by atoms with van der Waals surface area (Å²) in [6.07, 6.45) is -0.0196. The maximum Gasteiger partial charge on any atom is 0.159 e. The maximum atomic E-state index is 13.7. The molecule has 0 aliphatic carbocycles. The number of halogens is 6. The van der Waals surface area contributed by atoms with E-state index in [1.165, 1.54) is 6.07 Å². The van der Waals surface area contributed by atoms with Crippen molar-refractivity contribution in [3.8, 4) is 0 Å². The Hall–Kier alpha value is -1.07. The van der Waals surface area contributed by atoms with E-state index in [1.807, 2.05) is 0 Å². The van der Waals surface area contributed by atoms with Crippen molar-refractivity contribution in [1.82, 2.24) is 0 Å². The third kappa shape index (κ3) is 3.33. The second-order valence-corrected chi connectivity index (χ2v) is 5.65. The summed E-state index contributed by atoms with van der Waals surface area (Å²) in [5.74, 6) is -3.59. The summed E-state index contributed by atoms with van der Waals surface area (Å²) in [7, 11) is 0. The Balaban J connectivity index is 2.28. The molecule has 0 amide bonds. The second-order valence-electron chi connectivity index (χ2n) is 4.20. The summed E-state index contributed by atoms with van der Waals surface area (Å²) in [6, 6.07) is 5.42. The van der Waals surface area contributed by atoms with Crippen LogP contribution < -0.4 is 0 Å². The van der Waals surface area contributed by atoms with Gasteiger partial charge in [0.2, 0.25) is 0 Å². The lowest BCUT2D eigenvalue weighted by molar-refractivity contribution is 0.506. The van der Waals surface area contributed by atoms with Crippen molar-refractivity contribution >= 4 is 27.5 Å². The van der Waals surface area contributed by atoms with Crippen molar-refractivity contribution in [2.24, 2.45) is 0 Å². The van der Waals surface area contributed by atoms with E-state index in [2.05, 4.69) is 15.9 Å². The fourth-order valence-electron chi connectivity index (χ4n) is 1.83. The summed E-state index contributed by atoms with van der Waals surface area (Å²) < 4.78 is 53.6. The molecule has 2 rings (SSSR count). The summed E-state index contributed by atoms with van der Waals surface area (Å²) in [5.41, 5.74) is 0.0604. The number of hydrogen-bond donors (Lipinski definition) is 0. The molecule has 6 heteroatoms. The van der Waals surface area contributed by atoms with Crippen molar-refractivity contribution in [2.75, 3.05) is 0 Å². The van der Waals surface area contributed by atoms with Gasteiger partial charge in [-0.25, -0.2) is 17.6 Å². The Bertz CT molecular complexity index is 622. The quantitative estimate of drug-likeness (QED) is 0.494. The van der Waals surface area contributed by atoms with Gasteiger partial charge in [0.1, 0.15) is 11.6 Å². The van der Waals surface area contributed by atoms with Crippen LogP contribution in [0.5, 0.6) is 0 Å². The van der Waals surface area contributed by atoms with E-state index >= 15 is 0 Å². The van der Waals surface area contributed by atoms with Crippen LogP contribution in [0.3, 0.4) is 0 Å². The molecule has 0 aliphatic heterocycles. The molecule has 0 aliphatic rings. The molecule has 1 atom stereocenters. The molecule has 1 unspecified atom stereocenters. The van der Waals surface area contributed by atoms with Gasteiger partial charge in [-0.15, -0.1) is 11.6 Å². The Morgan fingerprint density at radius 3 is 2.05 bits per heavy atom. The zero-order valence-electron chi connectivity index (χ0n) is 9.94. The zero-order valence-corrected chi connectivity index (χ0v) is 12.3. The van der Waals surface area contributed by atoms with Crippen molar-refractivity contribution in [2.45, 2.75) is 11.8 Å². The molecular formula is C14H8BrClF4. The van der Waals surface area contributed by atoms with Gasteiger partial charge in [0.15, 0.2) is 11.6 Å². The standard InChI is InChI=1S/C14H8BrClF4/c15-8-5-12(19)14(13(20)6-8)9(16)3-7-1-2-10(17)11(18)4-7/h1-2,4-6,9H,3H2. The molecule has 0 aromatic heterocycles. The van der Waals surface area contributed by atoms with Crippen molar-refractivity contribution in [3.05, 3.63) is 69.2 Å². The second kappa shape index (κ2) is 6.14. The SMILES string of the molecule is Fc1ccc(CC(Cl)c2c(F)cc(Br)cc2F)cc1F. The van der Waals surface area contributed by atoms with Gasteiger partial charge >= 0.3 is 0 Å². The van der Waals surface area contributed by atoms with Gasteiger partial charge in [-0.05, 0) is 36.2 Å². The van der Waals surface area contributed by atoms with E-state index < -0.39 is 28.6 Å². The third-order valence-corrected chi connectivity index (χ3v) is 3.59. The third-order valence-electron chi connectivity index (χ3n) is 2.76. The summed E-state index contributed by atoms with van der Waals surface area (Å²) in [4.78, 5) is 0. The van der Waals surface area contributed by atoms with Crippen molar-refractivity contribution in [1.29, 1.82) is 0 Å². The average Bonchev–Trinajstić information content (AvgIpc) is 2.32. The van der Waals surface area contributed by atoms with Crippen LogP contribution in [0.4, 0.5) is 17.6 Å². The lowest BCUT2D eigenvalue weighted by atomic mass is 10.0. The molecule has 0 saturated carbocycles. The lowest BCUT2D eigenvalue weighted by Crippen LogP contribution is -2.03. The molecule has 106 valence electrons. The van der Waals surface area contributed by atoms with Crippen molar-refractivity contribution in [3.63, 3.8) is 0 Å². The molecule has 0 heterocycles. The minimum atomic E-state index is -1.02. The Morgan fingerprint density at radius 1 is 0.900 bits per heavy atom. The van der Waals surface area contributed by atoms with E-state index in [0.29, 0.717) is 5.56 Å². The number of hydrogen-bond acceptors (Lipinski definition) is 0. The van der Waals surface area contributed by atoms with Crippen LogP contribution >= 0.6 is 27.5 Å². The highest BCUT2D eigenvalue weighted by Gasteiger charge is 2.20. The first-order valence-corrected chi connectivity index (χ1v) is 6.84. The fraction of sp³-hybridized carbons (Fsp3) is 0.143. The van der Waals surface area contributed by atoms with Gasteiger partial charge in [-0.2, -0.15) is 0 Å². The Kier molecular flexibility index (Phi) is 4.70. The Morgan fingerprint density at radius 2 is 1.50 bits per heavy atom. The van der Waals surface area contributed by atoms with Crippen molar-refractivity contribution < 1.29 is 17.6 Å². The number of rotatable bonds is 3. The summed E-state index contributed by atoms with van der Waals surface area (Å²) in [5, 5.41) is -1.02. The Labute approximate surface area is 126 Å². The highest BCUT2D eigenvalue weighted by Crippen LogP contribution is 2.31. The molecule has 2 aromatic rings. The lowest BCUT2D eigenvalue weighted by Gasteiger charge is -2.13. The van der Waals surface area contributed by atoms with Crippen LogP contribution in [0.2, 0.25) is 0 Å². The van der Waals surface area contributed by atoms with Crippen LogP contribution in [0.15, 0.2) is 34.8 Å².